The third kappa shape index (κ3) is 2.89. The lowest BCUT2D eigenvalue weighted by molar-refractivity contribution is 0.628. The molecule has 0 fully saturated rings. The molecule has 0 saturated carbocycles. The first-order chi connectivity index (χ1) is 9.13. The van der Waals surface area contributed by atoms with Crippen LogP contribution in [-0.4, -0.2) is 11.5 Å². The predicted molar refractivity (Wildman–Crippen MR) is 72.8 cm³/mol. The molecule has 19 heavy (non-hydrogen) atoms. The fraction of sp³-hybridized carbons (Fsp3) is 0.200. The van der Waals surface area contributed by atoms with Gasteiger partial charge in [-0.3, -0.25) is 0 Å². The number of aryl methyl sites for hydroxylation is 1. The van der Waals surface area contributed by atoms with E-state index in [9.17, 15) is 4.39 Å². The van der Waals surface area contributed by atoms with Crippen LogP contribution < -0.4 is 4.90 Å². The Morgan fingerprint density at radius 1 is 1.26 bits per heavy atom. The van der Waals surface area contributed by atoms with Crippen LogP contribution in [0.1, 0.15) is 18.2 Å². The maximum absolute atomic E-state index is 13.0. The smallest absolute Gasteiger partial charge is 0.134 e. The van der Waals surface area contributed by atoms with Crippen LogP contribution in [0, 0.1) is 24.1 Å². The first-order valence-electron chi connectivity index (χ1n) is 6.06. The summed E-state index contributed by atoms with van der Waals surface area (Å²) in [5.41, 5.74) is 2.21. The second-order valence-corrected chi connectivity index (χ2v) is 4.19. The summed E-state index contributed by atoms with van der Waals surface area (Å²) < 4.78 is 13.0. The average Bonchev–Trinajstić information content (AvgIpc) is 2.41. The van der Waals surface area contributed by atoms with E-state index in [1.807, 2.05) is 18.7 Å². The van der Waals surface area contributed by atoms with Crippen molar-refractivity contribution in [3.63, 3.8) is 0 Å². The van der Waals surface area contributed by atoms with Crippen molar-refractivity contribution in [3.05, 3.63) is 53.5 Å². The van der Waals surface area contributed by atoms with Crippen molar-refractivity contribution < 1.29 is 4.39 Å². The van der Waals surface area contributed by atoms with Crippen LogP contribution in [0.4, 0.5) is 15.9 Å². The van der Waals surface area contributed by atoms with E-state index in [1.165, 1.54) is 12.1 Å². The Morgan fingerprint density at radius 3 is 2.53 bits per heavy atom. The van der Waals surface area contributed by atoms with Gasteiger partial charge in [0.1, 0.15) is 11.6 Å². The number of aromatic nitrogens is 1. The van der Waals surface area contributed by atoms with Crippen molar-refractivity contribution in [3.8, 4) is 6.07 Å². The maximum atomic E-state index is 13.0. The average molecular weight is 255 g/mol. The first kappa shape index (κ1) is 13.0. The van der Waals surface area contributed by atoms with Crippen LogP contribution in [0.3, 0.4) is 0 Å². The van der Waals surface area contributed by atoms with E-state index < -0.39 is 0 Å². The molecule has 2 aromatic rings. The van der Waals surface area contributed by atoms with Gasteiger partial charge in [-0.25, -0.2) is 9.37 Å². The summed E-state index contributed by atoms with van der Waals surface area (Å²) in [6, 6.07) is 11.8. The highest BCUT2D eigenvalue weighted by molar-refractivity contribution is 5.61. The van der Waals surface area contributed by atoms with Gasteiger partial charge in [0.25, 0.3) is 0 Å². The molecule has 0 radical (unpaired) electrons. The molecule has 0 aliphatic rings. The first-order valence-corrected chi connectivity index (χ1v) is 6.06. The maximum Gasteiger partial charge on any atom is 0.134 e. The number of hydrogen-bond donors (Lipinski definition) is 0. The Kier molecular flexibility index (Phi) is 3.76. The second-order valence-electron chi connectivity index (χ2n) is 4.19. The highest BCUT2D eigenvalue weighted by atomic mass is 19.1. The molecule has 1 aromatic heterocycles. The molecule has 0 saturated heterocycles. The summed E-state index contributed by atoms with van der Waals surface area (Å²) >= 11 is 0. The van der Waals surface area contributed by atoms with Gasteiger partial charge in [-0.15, -0.1) is 0 Å². The Bertz CT molecular complexity index is 614. The minimum Gasteiger partial charge on any atom is -0.327 e. The zero-order chi connectivity index (χ0) is 13.8. The molecule has 0 atom stereocenters. The minimum atomic E-state index is -0.269. The summed E-state index contributed by atoms with van der Waals surface area (Å²) in [6.07, 6.45) is 0. The van der Waals surface area contributed by atoms with Gasteiger partial charge in [-0.05, 0) is 50.2 Å². The third-order valence-corrected chi connectivity index (χ3v) is 2.80. The van der Waals surface area contributed by atoms with Gasteiger partial charge < -0.3 is 4.90 Å². The zero-order valence-electron chi connectivity index (χ0n) is 10.9. The normalized spacial score (nSPS) is 10.0. The van der Waals surface area contributed by atoms with E-state index in [-0.39, 0.29) is 5.82 Å². The van der Waals surface area contributed by atoms with Gasteiger partial charge in [0.15, 0.2) is 0 Å². The van der Waals surface area contributed by atoms with Crippen molar-refractivity contribution in [1.29, 1.82) is 5.26 Å². The Labute approximate surface area is 111 Å². The highest BCUT2D eigenvalue weighted by Gasteiger charge is 2.10. The fourth-order valence-corrected chi connectivity index (χ4v) is 1.95. The van der Waals surface area contributed by atoms with Gasteiger partial charge in [0.2, 0.25) is 0 Å². The van der Waals surface area contributed by atoms with Crippen LogP contribution in [0.2, 0.25) is 0 Å². The number of anilines is 2. The Balaban J connectivity index is 2.45. The molecule has 0 amide bonds. The van der Waals surface area contributed by atoms with Crippen molar-refractivity contribution in [1.82, 2.24) is 4.98 Å². The molecule has 4 heteroatoms. The lowest BCUT2D eigenvalue weighted by atomic mass is 10.2. The molecule has 0 unspecified atom stereocenters. The van der Waals surface area contributed by atoms with Crippen LogP contribution in [0.5, 0.6) is 0 Å². The number of halogens is 1. The molecular formula is C15H14FN3. The van der Waals surface area contributed by atoms with Gasteiger partial charge in [0.05, 0.1) is 11.6 Å². The lowest BCUT2D eigenvalue weighted by Crippen LogP contribution is -2.17. The predicted octanol–water partition coefficient (Wildman–Crippen LogP) is 3.56. The Morgan fingerprint density at radius 2 is 1.95 bits per heavy atom. The van der Waals surface area contributed by atoms with Gasteiger partial charge in [0, 0.05) is 17.9 Å². The summed E-state index contributed by atoms with van der Waals surface area (Å²) in [4.78, 5) is 6.37. The molecule has 0 aliphatic heterocycles. The molecule has 96 valence electrons. The number of nitrogens with zero attached hydrogens (tertiary/aromatic N) is 3. The topological polar surface area (TPSA) is 39.9 Å². The largest absolute Gasteiger partial charge is 0.327 e. The van der Waals surface area contributed by atoms with Crippen molar-refractivity contribution in [2.45, 2.75) is 13.8 Å². The molecule has 0 spiro atoms. The summed E-state index contributed by atoms with van der Waals surface area (Å²) in [7, 11) is 0. The SMILES string of the molecule is CCN(c1ccc(F)cc1)c1cc(C#N)cc(C)n1. The molecule has 0 bridgehead atoms. The second kappa shape index (κ2) is 5.49. The van der Waals surface area contributed by atoms with E-state index in [2.05, 4.69) is 11.1 Å². The minimum absolute atomic E-state index is 0.269. The highest BCUT2D eigenvalue weighted by Crippen LogP contribution is 2.24. The van der Waals surface area contributed by atoms with Crippen LogP contribution in [-0.2, 0) is 0 Å². The summed E-state index contributed by atoms with van der Waals surface area (Å²) in [5, 5.41) is 9.00. The zero-order valence-corrected chi connectivity index (χ0v) is 10.9. The van der Waals surface area contributed by atoms with Crippen molar-refractivity contribution in [2.24, 2.45) is 0 Å². The van der Waals surface area contributed by atoms with E-state index in [1.54, 1.807) is 24.3 Å². The van der Waals surface area contributed by atoms with Crippen LogP contribution >= 0.6 is 0 Å². The number of nitriles is 1. The summed E-state index contributed by atoms with van der Waals surface area (Å²) in [5.74, 6) is 0.431. The molecule has 3 nitrogen and oxygen atoms in total. The molecule has 2 rings (SSSR count). The van der Waals surface area contributed by atoms with E-state index >= 15 is 0 Å². The van der Waals surface area contributed by atoms with Crippen molar-refractivity contribution in [2.75, 3.05) is 11.4 Å². The van der Waals surface area contributed by atoms with Gasteiger partial charge >= 0.3 is 0 Å². The Hall–Kier alpha value is -2.41. The summed E-state index contributed by atoms with van der Waals surface area (Å²) in [6.45, 7) is 4.52. The van der Waals surface area contributed by atoms with E-state index in [0.717, 1.165) is 11.4 Å². The molecule has 0 aliphatic carbocycles. The lowest BCUT2D eigenvalue weighted by Gasteiger charge is -2.22. The van der Waals surface area contributed by atoms with E-state index in [4.69, 9.17) is 5.26 Å². The number of pyridine rings is 1. The standard InChI is InChI=1S/C15H14FN3/c1-3-19(14-6-4-13(16)5-7-14)15-9-12(10-17)8-11(2)18-15/h4-9H,3H2,1-2H3. The van der Waals surface area contributed by atoms with Gasteiger partial charge in [-0.1, -0.05) is 0 Å². The quantitative estimate of drug-likeness (QED) is 0.841. The molecular weight excluding hydrogens is 241 g/mol. The monoisotopic (exact) mass is 255 g/mol. The molecule has 1 heterocycles. The van der Waals surface area contributed by atoms with E-state index in [0.29, 0.717) is 17.9 Å². The molecule has 0 N–H and O–H groups in total. The van der Waals surface area contributed by atoms with Crippen molar-refractivity contribution >= 4 is 11.5 Å². The number of benzene rings is 1. The molecule has 1 aromatic carbocycles. The number of rotatable bonds is 3. The van der Waals surface area contributed by atoms with Gasteiger partial charge in [-0.2, -0.15) is 5.26 Å². The van der Waals surface area contributed by atoms with Crippen LogP contribution in [0.25, 0.3) is 0 Å². The fourth-order valence-electron chi connectivity index (χ4n) is 1.95. The number of hydrogen-bond acceptors (Lipinski definition) is 3. The third-order valence-electron chi connectivity index (χ3n) is 2.80. The van der Waals surface area contributed by atoms with Crippen LogP contribution in [0.15, 0.2) is 36.4 Å².